The van der Waals surface area contributed by atoms with Crippen LogP contribution in [0.25, 0.3) is 0 Å². The molecule has 0 saturated carbocycles. The summed E-state index contributed by atoms with van der Waals surface area (Å²) in [5.41, 5.74) is 1.16. The number of hydrogen-bond acceptors (Lipinski definition) is 3. The predicted molar refractivity (Wildman–Crippen MR) is 85.3 cm³/mol. The molecule has 2 aliphatic heterocycles. The van der Waals surface area contributed by atoms with Gasteiger partial charge in [0.25, 0.3) is 0 Å². The van der Waals surface area contributed by atoms with Crippen molar-refractivity contribution in [3.05, 3.63) is 35.9 Å². The van der Waals surface area contributed by atoms with Crippen LogP contribution in [-0.4, -0.2) is 47.8 Å². The van der Waals surface area contributed by atoms with Crippen LogP contribution in [0, 0.1) is 17.2 Å². The van der Waals surface area contributed by atoms with Gasteiger partial charge in [-0.15, -0.1) is 0 Å². The number of amides is 2. The quantitative estimate of drug-likeness (QED) is 0.854. The number of benzene rings is 1. The van der Waals surface area contributed by atoms with Gasteiger partial charge in [-0.1, -0.05) is 30.3 Å². The van der Waals surface area contributed by atoms with Crippen molar-refractivity contribution in [2.24, 2.45) is 5.92 Å². The highest BCUT2D eigenvalue weighted by Crippen LogP contribution is 2.28. The van der Waals surface area contributed by atoms with E-state index in [1.165, 1.54) is 0 Å². The number of piperidine rings is 1. The Morgan fingerprint density at radius 1 is 1.22 bits per heavy atom. The molecule has 1 atom stereocenters. The maximum atomic E-state index is 12.4. The third kappa shape index (κ3) is 3.53. The number of rotatable bonds is 3. The normalized spacial score (nSPS) is 22.2. The molecule has 0 aromatic heterocycles. The van der Waals surface area contributed by atoms with Gasteiger partial charge >= 0.3 is 0 Å². The maximum absolute atomic E-state index is 12.4. The monoisotopic (exact) mass is 311 g/mol. The minimum Gasteiger partial charge on any atom is -0.341 e. The predicted octanol–water partition coefficient (Wildman–Crippen LogP) is 1.76. The van der Waals surface area contributed by atoms with Crippen LogP contribution in [0.1, 0.15) is 30.7 Å². The summed E-state index contributed by atoms with van der Waals surface area (Å²) in [6.45, 7) is 2.03. The number of carbonyl (C=O) groups is 2. The number of likely N-dealkylation sites (tertiary alicyclic amines) is 2. The molecule has 1 aromatic rings. The molecule has 3 rings (SSSR count). The Morgan fingerprint density at radius 3 is 2.57 bits per heavy atom. The zero-order valence-electron chi connectivity index (χ0n) is 13.1. The van der Waals surface area contributed by atoms with E-state index in [-0.39, 0.29) is 30.2 Å². The highest BCUT2D eigenvalue weighted by atomic mass is 16.2. The van der Waals surface area contributed by atoms with Crippen LogP contribution in [-0.2, 0) is 9.59 Å². The molecular formula is C18H21N3O2. The largest absolute Gasteiger partial charge is 0.341 e. The van der Waals surface area contributed by atoms with E-state index in [1.54, 1.807) is 9.80 Å². The second kappa shape index (κ2) is 6.82. The lowest BCUT2D eigenvalue weighted by atomic mass is 9.98. The summed E-state index contributed by atoms with van der Waals surface area (Å²) in [7, 11) is 0. The maximum Gasteiger partial charge on any atom is 0.242 e. The fraction of sp³-hybridized carbons (Fsp3) is 0.500. The van der Waals surface area contributed by atoms with Crippen LogP contribution < -0.4 is 0 Å². The van der Waals surface area contributed by atoms with Gasteiger partial charge in [-0.3, -0.25) is 9.59 Å². The first-order valence-electron chi connectivity index (χ1n) is 8.17. The summed E-state index contributed by atoms with van der Waals surface area (Å²) in [6, 6.07) is 12.3. The van der Waals surface area contributed by atoms with Crippen LogP contribution in [0.4, 0.5) is 0 Å². The van der Waals surface area contributed by atoms with Crippen LogP contribution in [0.5, 0.6) is 0 Å². The third-order valence-electron chi connectivity index (χ3n) is 4.84. The third-order valence-corrected chi connectivity index (χ3v) is 4.84. The molecule has 1 aromatic carbocycles. The topological polar surface area (TPSA) is 64.4 Å². The van der Waals surface area contributed by atoms with Gasteiger partial charge in [0, 0.05) is 37.9 Å². The zero-order valence-corrected chi connectivity index (χ0v) is 13.1. The standard InChI is InChI=1S/C18H21N3O2/c19-11-14-6-8-20(9-7-14)18(23)13-21-12-16(10-17(21)22)15-4-2-1-3-5-15/h1-5,14,16H,6-10,12-13H2. The second-order valence-corrected chi connectivity index (χ2v) is 6.37. The molecule has 0 N–H and O–H groups in total. The van der Waals surface area contributed by atoms with Gasteiger partial charge in [-0.25, -0.2) is 0 Å². The molecule has 0 radical (unpaired) electrons. The minimum atomic E-state index is 0.00320. The van der Waals surface area contributed by atoms with Crippen LogP contribution in [0.2, 0.25) is 0 Å². The smallest absolute Gasteiger partial charge is 0.242 e. The second-order valence-electron chi connectivity index (χ2n) is 6.37. The van der Waals surface area contributed by atoms with Gasteiger partial charge in [-0.2, -0.15) is 5.26 Å². The van der Waals surface area contributed by atoms with E-state index in [0.717, 1.165) is 18.4 Å². The number of hydrogen-bond donors (Lipinski definition) is 0. The highest BCUT2D eigenvalue weighted by Gasteiger charge is 2.33. The Morgan fingerprint density at radius 2 is 1.91 bits per heavy atom. The number of nitriles is 1. The molecule has 0 aliphatic carbocycles. The summed E-state index contributed by atoms with van der Waals surface area (Å²) in [6.07, 6.45) is 1.96. The fourth-order valence-electron chi connectivity index (χ4n) is 3.39. The van der Waals surface area contributed by atoms with Crippen molar-refractivity contribution < 1.29 is 9.59 Å². The van der Waals surface area contributed by atoms with E-state index >= 15 is 0 Å². The molecule has 2 saturated heterocycles. The van der Waals surface area contributed by atoms with Crippen molar-refractivity contribution >= 4 is 11.8 Å². The van der Waals surface area contributed by atoms with E-state index in [0.29, 0.717) is 26.1 Å². The van der Waals surface area contributed by atoms with Crippen LogP contribution in [0.3, 0.4) is 0 Å². The Balaban J connectivity index is 1.55. The minimum absolute atomic E-state index is 0.00320. The molecule has 0 spiro atoms. The lowest BCUT2D eigenvalue weighted by Gasteiger charge is -2.30. The van der Waals surface area contributed by atoms with Crippen molar-refractivity contribution in [2.45, 2.75) is 25.2 Å². The Labute approximate surface area is 136 Å². The molecule has 0 bridgehead atoms. The Bertz CT molecular complexity index is 615. The molecule has 2 amide bonds. The van der Waals surface area contributed by atoms with E-state index in [1.807, 2.05) is 30.3 Å². The molecule has 2 aliphatic rings. The van der Waals surface area contributed by atoms with Crippen molar-refractivity contribution in [2.75, 3.05) is 26.2 Å². The zero-order chi connectivity index (χ0) is 16.2. The average molecular weight is 311 g/mol. The lowest BCUT2D eigenvalue weighted by Crippen LogP contribution is -2.44. The van der Waals surface area contributed by atoms with Crippen molar-refractivity contribution in [1.82, 2.24) is 9.80 Å². The first-order chi connectivity index (χ1) is 11.2. The van der Waals surface area contributed by atoms with Gasteiger partial charge in [0.05, 0.1) is 12.6 Å². The van der Waals surface area contributed by atoms with Gasteiger partial charge in [0.15, 0.2) is 0 Å². The van der Waals surface area contributed by atoms with Crippen LogP contribution >= 0.6 is 0 Å². The summed E-state index contributed by atoms with van der Waals surface area (Å²) < 4.78 is 0. The number of nitrogens with zero attached hydrogens (tertiary/aromatic N) is 3. The average Bonchev–Trinajstić information content (AvgIpc) is 2.96. The van der Waals surface area contributed by atoms with Crippen molar-refractivity contribution in [3.8, 4) is 6.07 Å². The lowest BCUT2D eigenvalue weighted by molar-refractivity contribution is -0.139. The summed E-state index contributed by atoms with van der Waals surface area (Å²) >= 11 is 0. The molecular weight excluding hydrogens is 290 g/mol. The van der Waals surface area contributed by atoms with Crippen molar-refractivity contribution in [1.29, 1.82) is 5.26 Å². The van der Waals surface area contributed by atoms with Gasteiger partial charge in [-0.05, 0) is 18.4 Å². The van der Waals surface area contributed by atoms with E-state index in [9.17, 15) is 9.59 Å². The van der Waals surface area contributed by atoms with Crippen molar-refractivity contribution in [3.63, 3.8) is 0 Å². The SMILES string of the molecule is N#CC1CCN(C(=O)CN2CC(c3ccccc3)CC2=O)CC1. The highest BCUT2D eigenvalue weighted by molar-refractivity contribution is 5.86. The molecule has 1 unspecified atom stereocenters. The molecule has 120 valence electrons. The fourth-order valence-corrected chi connectivity index (χ4v) is 3.39. The Hall–Kier alpha value is -2.35. The molecule has 23 heavy (non-hydrogen) atoms. The molecule has 2 heterocycles. The van der Waals surface area contributed by atoms with E-state index < -0.39 is 0 Å². The molecule has 5 nitrogen and oxygen atoms in total. The first kappa shape index (κ1) is 15.5. The summed E-state index contributed by atoms with van der Waals surface area (Å²) in [5.74, 6) is 0.304. The van der Waals surface area contributed by atoms with E-state index in [2.05, 4.69) is 6.07 Å². The summed E-state index contributed by atoms with van der Waals surface area (Å²) in [5, 5.41) is 8.91. The van der Waals surface area contributed by atoms with E-state index in [4.69, 9.17) is 5.26 Å². The Kier molecular flexibility index (Phi) is 4.61. The first-order valence-corrected chi connectivity index (χ1v) is 8.17. The van der Waals surface area contributed by atoms with Gasteiger partial charge in [0.1, 0.15) is 0 Å². The molecule has 2 fully saturated rings. The molecule has 5 heteroatoms. The summed E-state index contributed by atoms with van der Waals surface area (Å²) in [4.78, 5) is 28.0. The van der Waals surface area contributed by atoms with Crippen LogP contribution in [0.15, 0.2) is 30.3 Å². The van der Waals surface area contributed by atoms with Gasteiger partial charge in [0.2, 0.25) is 11.8 Å². The van der Waals surface area contributed by atoms with Gasteiger partial charge < -0.3 is 9.80 Å². The number of carbonyl (C=O) groups excluding carboxylic acids is 2.